The normalized spacial score (nSPS) is 22.4. The summed E-state index contributed by atoms with van der Waals surface area (Å²) in [5.41, 5.74) is 0.562. The van der Waals surface area contributed by atoms with E-state index in [-0.39, 0.29) is 25.1 Å². The van der Waals surface area contributed by atoms with Gasteiger partial charge in [-0.15, -0.1) is 0 Å². The van der Waals surface area contributed by atoms with Crippen LogP contribution in [0.3, 0.4) is 0 Å². The smallest absolute Gasteiger partial charge is 0.247 e. The number of halogens is 1. The third kappa shape index (κ3) is 6.74. The first-order chi connectivity index (χ1) is 12.9. The third-order valence-electron chi connectivity index (χ3n) is 4.47. The molecule has 0 fully saturated rings. The van der Waals surface area contributed by atoms with Gasteiger partial charge in [-0.05, 0) is 66.1 Å². The predicted octanol–water partition coefficient (Wildman–Crippen LogP) is 1.84. The maximum absolute atomic E-state index is 12.4. The lowest BCUT2D eigenvalue weighted by Crippen LogP contribution is -2.52. The molecule has 7 heteroatoms. The van der Waals surface area contributed by atoms with E-state index in [0.717, 1.165) is 16.5 Å². The van der Waals surface area contributed by atoms with Gasteiger partial charge >= 0.3 is 0 Å². The number of hydrogen-bond donors (Lipinski definition) is 4. The molecule has 1 aromatic rings. The number of carbonyl (C=O) groups is 1. The Balaban J connectivity index is 2.16. The molecule has 4 N–H and O–H groups in total. The molecule has 0 saturated heterocycles. The second-order valence-corrected chi connectivity index (χ2v) is 8.28. The van der Waals surface area contributed by atoms with Crippen molar-refractivity contribution >= 4 is 28.5 Å². The van der Waals surface area contributed by atoms with Crippen LogP contribution >= 0.6 is 22.6 Å². The van der Waals surface area contributed by atoms with Crippen LogP contribution in [-0.2, 0) is 4.79 Å². The summed E-state index contributed by atoms with van der Waals surface area (Å²) in [6, 6.07) is 7.32. The van der Waals surface area contributed by atoms with Gasteiger partial charge in [0, 0.05) is 18.2 Å². The van der Waals surface area contributed by atoms with Crippen LogP contribution in [0.2, 0.25) is 0 Å². The van der Waals surface area contributed by atoms with Gasteiger partial charge in [-0.1, -0.05) is 26.0 Å². The first kappa shape index (κ1) is 22.1. The Morgan fingerprint density at radius 2 is 2.07 bits per heavy atom. The molecule has 1 amide bonds. The number of ether oxygens (including phenoxy) is 1. The topological polar surface area (TPSA) is 90.8 Å². The zero-order valence-electron chi connectivity index (χ0n) is 15.8. The Bertz CT molecular complexity index is 651. The van der Waals surface area contributed by atoms with Crippen molar-refractivity contribution in [3.63, 3.8) is 0 Å². The monoisotopic (exact) mass is 488 g/mol. The number of benzene rings is 1. The molecule has 0 heterocycles. The fraction of sp³-hybridized carbons (Fsp3) is 0.550. The number of carbonyl (C=O) groups excluding carboxylic acids is 1. The van der Waals surface area contributed by atoms with Crippen LogP contribution in [0, 0.1) is 9.49 Å². The molecule has 27 heavy (non-hydrogen) atoms. The van der Waals surface area contributed by atoms with E-state index < -0.39 is 12.2 Å². The molecule has 150 valence electrons. The summed E-state index contributed by atoms with van der Waals surface area (Å²) in [6.07, 6.45) is 1.72. The summed E-state index contributed by atoms with van der Waals surface area (Å²) >= 11 is 2.19. The predicted molar refractivity (Wildman–Crippen MR) is 114 cm³/mol. The fourth-order valence-electron chi connectivity index (χ4n) is 2.94. The maximum atomic E-state index is 12.4. The van der Waals surface area contributed by atoms with E-state index in [4.69, 9.17) is 9.84 Å². The highest BCUT2D eigenvalue weighted by Gasteiger charge is 2.35. The largest absolute Gasteiger partial charge is 0.482 e. The van der Waals surface area contributed by atoms with Crippen LogP contribution in [0.1, 0.15) is 26.7 Å². The van der Waals surface area contributed by atoms with Gasteiger partial charge in [0.15, 0.2) is 0 Å². The number of nitrogens with one attached hydrogen (secondary N) is 2. The molecule has 0 saturated carbocycles. The lowest BCUT2D eigenvalue weighted by atomic mass is 9.89. The van der Waals surface area contributed by atoms with Gasteiger partial charge in [-0.25, -0.2) is 0 Å². The lowest BCUT2D eigenvalue weighted by Gasteiger charge is -2.34. The number of para-hydroxylation sites is 1. The average Bonchev–Trinajstić information content (AvgIpc) is 2.64. The van der Waals surface area contributed by atoms with E-state index in [2.05, 4.69) is 47.1 Å². The SMILES string of the molecule is CC(C)CCN[C@@H]1CC(C(=O)NCCO)=C[C@H](Oc2ccccc2I)[C@H]1O. The highest BCUT2D eigenvalue weighted by atomic mass is 127. The number of amides is 1. The van der Waals surface area contributed by atoms with Gasteiger partial charge < -0.3 is 25.6 Å². The number of aliphatic hydroxyl groups is 2. The van der Waals surface area contributed by atoms with Gasteiger partial charge in [0.25, 0.3) is 0 Å². The Morgan fingerprint density at radius 1 is 1.33 bits per heavy atom. The van der Waals surface area contributed by atoms with E-state index in [1.807, 2.05) is 24.3 Å². The molecule has 2 rings (SSSR count). The molecule has 0 aliphatic heterocycles. The minimum Gasteiger partial charge on any atom is -0.482 e. The lowest BCUT2D eigenvalue weighted by molar-refractivity contribution is -0.118. The van der Waals surface area contributed by atoms with Crippen molar-refractivity contribution in [2.75, 3.05) is 19.7 Å². The van der Waals surface area contributed by atoms with Gasteiger partial charge in [0.2, 0.25) is 5.91 Å². The van der Waals surface area contributed by atoms with Crippen molar-refractivity contribution in [2.24, 2.45) is 5.92 Å². The summed E-state index contributed by atoms with van der Waals surface area (Å²) in [4.78, 5) is 12.4. The molecule has 0 spiro atoms. The van der Waals surface area contributed by atoms with Gasteiger partial charge in [0.05, 0.1) is 10.2 Å². The third-order valence-corrected chi connectivity index (χ3v) is 5.36. The Morgan fingerprint density at radius 3 is 2.74 bits per heavy atom. The van der Waals surface area contributed by atoms with E-state index in [1.54, 1.807) is 6.08 Å². The second-order valence-electron chi connectivity index (χ2n) is 7.12. The minimum atomic E-state index is -0.762. The Hall–Kier alpha value is -1.16. The number of aliphatic hydroxyl groups excluding tert-OH is 2. The molecule has 1 aliphatic rings. The minimum absolute atomic E-state index is 0.111. The zero-order valence-corrected chi connectivity index (χ0v) is 18.0. The van der Waals surface area contributed by atoms with E-state index >= 15 is 0 Å². The first-order valence-electron chi connectivity index (χ1n) is 9.34. The van der Waals surface area contributed by atoms with Gasteiger partial charge in [0.1, 0.15) is 18.0 Å². The summed E-state index contributed by atoms with van der Waals surface area (Å²) < 4.78 is 6.98. The standard InChI is InChI=1S/C20H29IN2O4/c1-13(2)7-8-22-16-11-14(20(26)23-9-10-24)12-18(19(16)25)27-17-6-4-3-5-15(17)21/h3-6,12-13,16,18-19,22,24-25H,7-11H2,1-2H3,(H,23,26)/t16-,18+,19+/m1/s1. The van der Waals surface area contributed by atoms with Crippen LogP contribution < -0.4 is 15.4 Å². The van der Waals surface area contributed by atoms with Crippen molar-refractivity contribution in [1.82, 2.24) is 10.6 Å². The molecule has 0 bridgehead atoms. The van der Waals surface area contributed by atoms with Gasteiger partial charge in [-0.2, -0.15) is 0 Å². The first-order valence-corrected chi connectivity index (χ1v) is 10.4. The number of hydrogen-bond acceptors (Lipinski definition) is 5. The maximum Gasteiger partial charge on any atom is 0.247 e. The molecular formula is C20H29IN2O4. The molecule has 1 aromatic carbocycles. The molecule has 3 atom stereocenters. The molecular weight excluding hydrogens is 459 g/mol. The van der Waals surface area contributed by atoms with E-state index in [9.17, 15) is 9.90 Å². The summed E-state index contributed by atoms with van der Waals surface area (Å²) in [7, 11) is 0. The summed E-state index contributed by atoms with van der Waals surface area (Å²) in [5.74, 6) is 0.998. The number of rotatable bonds is 9. The fourth-order valence-corrected chi connectivity index (χ4v) is 3.46. The zero-order chi connectivity index (χ0) is 19.8. The van der Waals surface area contributed by atoms with E-state index in [0.29, 0.717) is 23.7 Å². The van der Waals surface area contributed by atoms with E-state index in [1.165, 1.54) is 0 Å². The molecule has 1 aliphatic carbocycles. The van der Waals surface area contributed by atoms with Crippen LogP contribution in [0.25, 0.3) is 0 Å². The molecule has 0 radical (unpaired) electrons. The van der Waals surface area contributed by atoms with Crippen molar-refractivity contribution in [3.05, 3.63) is 39.5 Å². The Labute approximate surface area is 174 Å². The molecule has 0 unspecified atom stereocenters. The van der Waals surface area contributed by atoms with Crippen LogP contribution in [0.5, 0.6) is 5.75 Å². The van der Waals surface area contributed by atoms with Crippen molar-refractivity contribution < 1.29 is 19.7 Å². The average molecular weight is 488 g/mol. The van der Waals surface area contributed by atoms with Crippen molar-refractivity contribution in [3.8, 4) is 5.75 Å². The quantitative estimate of drug-likeness (QED) is 0.399. The molecule has 0 aromatic heterocycles. The molecule has 6 nitrogen and oxygen atoms in total. The van der Waals surface area contributed by atoms with Crippen molar-refractivity contribution in [1.29, 1.82) is 0 Å². The van der Waals surface area contributed by atoms with Gasteiger partial charge in [-0.3, -0.25) is 4.79 Å². The van der Waals surface area contributed by atoms with Crippen LogP contribution in [0.15, 0.2) is 35.9 Å². The highest BCUT2D eigenvalue weighted by molar-refractivity contribution is 14.1. The van der Waals surface area contributed by atoms with Crippen molar-refractivity contribution in [2.45, 2.75) is 44.9 Å². The highest BCUT2D eigenvalue weighted by Crippen LogP contribution is 2.27. The Kier molecular flexibility index (Phi) is 9.01. The summed E-state index contributed by atoms with van der Waals surface area (Å²) in [6.45, 7) is 5.15. The summed E-state index contributed by atoms with van der Waals surface area (Å²) in [5, 5.41) is 25.8. The van der Waals surface area contributed by atoms with Crippen LogP contribution in [0.4, 0.5) is 0 Å². The van der Waals surface area contributed by atoms with Crippen LogP contribution in [-0.4, -0.2) is 54.1 Å². The second kappa shape index (κ2) is 11.0.